The molecule has 5 aromatic carbocycles. The van der Waals surface area contributed by atoms with Gasteiger partial charge in [0.2, 0.25) is 0 Å². The number of fused-ring (bicyclic) bond motifs is 14. The lowest BCUT2D eigenvalue weighted by Crippen LogP contribution is -2.58. The van der Waals surface area contributed by atoms with Crippen molar-refractivity contribution in [2.75, 3.05) is 0 Å². The highest BCUT2D eigenvalue weighted by Gasteiger charge is 2.46. The van der Waals surface area contributed by atoms with Gasteiger partial charge in [-0.15, -0.1) is 22.7 Å². The molecule has 0 N–H and O–H groups in total. The first kappa shape index (κ1) is 21.1. The highest BCUT2D eigenvalue weighted by Crippen LogP contribution is 2.43. The van der Waals surface area contributed by atoms with Gasteiger partial charge in [0.05, 0.1) is 52.2 Å². The molecule has 0 saturated carbocycles. The molecule has 0 bridgehead atoms. The molecule has 0 unspecified atom stereocenters. The Kier molecular flexibility index (Phi) is 3.67. The van der Waals surface area contributed by atoms with Gasteiger partial charge in [0.15, 0.2) is 0 Å². The number of rotatable bonds is 0. The van der Waals surface area contributed by atoms with Crippen LogP contribution in [-0.4, -0.2) is 15.8 Å². The Bertz CT molecular complexity index is 2500. The molecule has 0 fully saturated rings. The Labute approximate surface area is 240 Å². The fourth-order valence-corrected chi connectivity index (χ4v) is 9.58. The molecule has 0 atom stereocenters. The first-order chi connectivity index (χ1) is 20.3. The average molecular weight is 560 g/mol. The van der Waals surface area contributed by atoms with E-state index < -0.39 is 0 Å². The van der Waals surface area contributed by atoms with Crippen molar-refractivity contribution in [3.05, 3.63) is 103 Å². The van der Waals surface area contributed by atoms with Gasteiger partial charge in [-0.1, -0.05) is 48.5 Å². The van der Waals surface area contributed by atoms with Crippen LogP contribution in [-0.2, 0) is 0 Å². The van der Waals surface area contributed by atoms with Crippen molar-refractivity contribution in [1.82, 2.24) is 9.13 Å². The van der Waals surface area contributed by atoms with Crippen molar-refractivity contribution >= 4 is 109 Å². The van der Waals surface area contributed by atoms with Gasteiger partial charge in [-0.3, -0.25) is 0 Å². The number of benzene rings is 5. The van der Waals surface area contributed by atoms with Crippen molar-refractivity contribution < 1.29 is 8.83 Å². The lowest BCUT2D eigenvalue weighted by molar-refractivity contribution is 0.635. The van der Waals surface area contributed by atoms with Crippen molar-refractivity contribution in [3.8, 4) is 11.4 Å². The summed E-state index contributed by atoms with van der Waals surface area (Å²) in [7, 11) is 0. The topological polar surface area (TPSA) is 36.1 Å². The molecule has 41 heavy (non-hydrogen) atoms. The van der Waals surface area contributed by atoms with Crippen molar-refractivity contribution in [1.29, 1.82) is 0 Å². The first-order valence-corrected chi connectivity index (χ1v) is 15.4. The van der Waals surface area contributed by atoms with Gasteiger partial charge in [0.1, 0.15) is 22.5 Å². The number of para-hydroxylation sites is 4. The summed E-state index contributed by atoms with van der Waals surface area (Å²) in [6.45, 7) is -0.160. The van der Waals surface area contributed by atoms with Crippen LogP contribution >= 0.6 is 22.7 Å². The number of nitrogens with zero attached hydrogens (tertiary/aromatic N) is 2. The molecule has 0 saturated heterocycles. The van der Waals surface area contributed by atoms with Crippen molar-refractivity contribution in [3.63, 3.8) is 0 Å². The van der Waals surface area contributed by atoms with E-state index in [1.165, 1.54) is 46.3 Å². The van der Waals surface area contributed by atoms with Crippen LogP contribution in [0.25, 0.3) is 74.2 Å². The zero-order chi connectivity index (χ0) is 26.4. The van der Waals surface area contributed by atoms with Gasteiger partial charge in [-0.25, -0.2) is 0 Å². The van der Waals surface area contributed by atoms with E-state index in [-0.39, 0.29) is 6.71 Å². The van der Waals surface area contributed by atoms with Crippen LogP contribution in [0.4, 0.5) is 0 Å². The lowest BCUT2D eigenvalue weighted by atomic mass is 9.38. The summed E-state index contributed by atoms with van der Waals surface area (Å²) in [4.78, 5) is 0. The van der Waals surface area contributed by atoms with Crippen LogP contribution < -0.4 is 16.8 Å². The fourth-order valence-electron chi connectivity index (χ4n) is 7.26. The van der Waals surface area contributed by atoms with Crippen molar-refractivity contribution in [2.24, 2.45) is 0 Å². The molecule has 0 aliphatic carbocycles. The van der Waals surface area contributed by atoms with E-state index in [4.69, 9.17) is 8.83 Å². The quantitative estimate of drug-likeness (QED) is 0.140. The summed E-state index contributed by atoms with van der Waals surface area (Å²) in [5.41, 5.74) is 12.1. The third-order valence-corrected chi connectivity index (χ3v) is 11.0. The Balaban J connectivity index is 1.51. The van der Waals surface area contributed by atoms with Crippen LogP contribution in [0, 0.1) is 0 Å². The number of hydrogen-bond acceptors (Lipinski definition) is 4. The van der Waals surface area contributed by atoms with E-state index in [1.807, 2.05) is 22.7 Å². The molecule has 6 heterocycles. The van der Waals surface area contributed by atoms with Gasteiger partial charge in [0.25, 0.3) is 0 Å². The van der Waals surface area contributed by atoms with E-state index in [0.717, 1.165) is 44.6 Å². The second-order valence-corrected chi connectivity index (χ2v) is 13.0. The Morgan fingerprint density at radius 2 is 0.976 bits per heavy atom. The van der Waals surface area contributed by atoms with Gasteiger partial charge >= 0.3 is 6.71 Å². The molecular formula is C34H17BN2O2S2. The number of aromatic nitrogens is 2. The Morgan fingerprint density at radius 1 is 0.512 bits per heavy atom. The zero-order valence-corrected chi connectivity index (χ0v) is 23.1. The normalized spacial score (nSPS) is 13.3. The molecular weight excluding hydrogens is 543 g/mol. The maximum atomic E-state index is 6.87. The summed E-state index contributed by atoms with van der Waals surface area (Å²) in [6.07, 6.45) is 0. The van der Waals surface area contributed by atoms with Gasteiger partial charge < -0.3 is 18.0 Å². The molecule has 4 aromatic heterocycles. The minimum Gasteiger partial charge on any atom is -0.468 e. The van der Waals surface area contributed by atoms with Gasteiger partial charge in [-0.2, -0.15) is 0 Å². The third kappa shape index (κ3) is 2.41. The molecule has 0 radical (unpaired) electrons. The monoisotopic (exact) mass is 560 g/mol. The fraction of sp³-hybridized carbons (Fsp3) is 0. The van der Waals surface area contributed by atoms with E-state index in [1.54, 1.807) is 0 Å². The van der Waals surface area contributed by atoms with E-state index >= 15 is 0 Å². The minimum absolute atomic E-state index is 0.160. The summed E-state index contributed by atoms with van der Waals surface area (Å²) < 4.78 is 23.7. The van der Waals surface area contributed by atoms with E-state index in [9.17, 15) is 0 Å². The molecule has 2 aliphatic rings. The highest BCUT2D eigenvalue weighted by atomic mass is 32.1. The Morgan fingerprint density at radius 3 is 1.51 bits per heavy atom. The molecule has 9 aromatic rings. The predicted octanol–water partition coefficient (Wildman–Crippen LogP) is 7.76. The maximum absolute atomic E-state index is 6.87. The standard InChI is InChI=1S/C34H17BN2O2S2/c1-5-13-22-18(9-1)29-33(38-22)35-28-31-26(40-24-15-7-3-11-20(24)36(29)31)17-27-32(28)37(21-12-4-8-16-25(21)41-27)30-19-10-2-6-14-23(19)39-34(30)35/h1-17H. The predicted molar refractivity (Wildman–Crippen MR) is 173 cm³/mol. The molecule has 7 heteroatoms. The smallest absolute Gasteiger partial charge is 0.342 e. The van der Waals surface area contributed by atoms with E-state index in [0.29, 0.717) is 0 Å². The lowest BCUT2D eigenvalue weighted by Gasteiger charge is -2.31. The molecule has 0 amide bonds. The second kappa shape index (κ2) is 7.13. The van der Waals surface area contributed by atoms with Gasteiger partial charge in [0, 0.05) is 10.8 Å². The summed E-state index contributed by atoms with van der Waals surface area (Å²) in [5.74, 6) is 0. The first-order valence-electron chi connectivity index (χ1n) is 13.7. The van der Waals surface area contributed by atoms with Crippen LogP contribution in [0.15, 0.2) is 112 Å². The molecule has 4 nitrogen and oxygen atoms in total. The van der Waals surface area contributed by atoms with Crippen molar-refractivity contribution in [2.45, 2.75) is 0 Å². The molecule has 0 spiro atoms. The summed E-state index contributed by atoms with van der Waals surface area (Å²) in [5, 5.41) is 2.25. The van der Waals surface area contributed by atoms with Crippen LogP contribution in [0.3, 0.4) is 0 Å². The molecule has 2 aliphatic heterocycles. The minimum atomic E-state index is -0.160. The third-order valence-electron chi connectivity index (χ3n) is 8.79. The van der Waals surface area contributed by atoms with Crippen LogP contribution in [0.1, 0.15) is 0 Å². The summed E-state index contributed by atoms with van der Waals surface area (Å²) in [6, 6.07) is 36.7. The average Bonchev–Trinajstić information content (AvgIpc) is 3.59. The maximum Gasteiger partial charge on any atom is 0.342 e. The molecule has 190 valence electrons. The zero-order valence-electron chi connectivity index (χ0n) is 21.4. The number of furan rings is 2. The summed E-state index contributed by atoms with van der Waals surface area (Å²) >= 11 is 3.73. The second-order valence-electron chi connectivity index (χ2n) is 10.8. The number of hydrogen-bond donors (Lipinski definition) is 0. The van der Waals surface area contributed by atoms with Gasteiger partial charge in [-0.05, 0) is 60.1 Å². The SMILES string of the molecule is c1ccc2c3c(oc2c1)B1c2oc4ccccc4c2-n2c4ccccc4sc4cc5sc6ccccc6n-3c5c1c42. The Hall–Kier alpha value is -4.72. The highest BCUT2D eigenvalue weighted by molar-refractivity contribution is 7.27. The van der Waals surface area contributed by atoms with E-state index in [2.05, 4.69) is 112 Å². The van der Waals surface area contributed by atoms with Crippen LogP contribution in [0.2, 0.25) is 0 Å². The molecule has 11 rings (SSSR count). The van der Waals surface area contributed by atoms with Crippen LogP contribution in [0.5, 0.6) is 0 Å². The largest absolute Gasteiger partial charge is 0.468 e.